The normalized spacial score (nSPS) is 13.2. The van der Waals surface area contributed by atoms with Crippen LogP contribution in [0.15, 0.2) is 24.0 Å². The van der Waals surface area contributed by atoms with Crippen LogP contribution in [-0.4, -0.2) is 24.4 Å². The number of unbranched alkanes of at least 4 members (excludes halogenated alkanes) is 15. The molecule has 164 valence electrons. The number of carbonyl (C=O) groups is 1. The quantitative estimate of drug-likeness (QED) is 0.181. The Labute approximate surface area is 180 Å². The van der Waals surface area contributed by atoms with E-state index in [1.54, 1.807) is 0 Å². The zero-order valence-corrected chi connectivity index (χ0v) is 19.1. The Kier molecular flexibility index (Phi) is 20.1. The number of carbonyl (C=O) groups excluding carboxylic acids is 1. The van der Waals surface area contributed by atoms with Crippen molar-refractivity contribution in [3.63, 3.8) is 0 Å². The Morgan fingerprint density at radius 2 is 1.29 bits per heavy atom. The lowest BCUT2D eigenvalue weighted by molar-refractivity contribution is -0.108. The molecule has 0 aromatic heterocycles. The molecule has 0 saturated carbocycles. The van der Waals surface area contributed by atoms with E-state index < -0.39 is 0 Å². The minimum atomic E-state index is 0. The fraction of sp³-hybridized carbons (Fsp3) is 0.792. The number of nitrogens with one attached hydrogen (secondary N) is 1. The molecule has 0 unspecified atom stereocenters. The zero-order chi connectivity index (χ0) is 19.4. The van der Waals surface area contributed by atoms with Crippen LogP contribution >= 0.6 is 12.4 Å². The number of rotatable bonds is 19. The van der Waals surface area contributed by atoms with E-state index >= 15 is 0 Å². The van der Waals surface area contributed by atoms with Crippen molar-refractivity contribution in [2.24, 2.45) is 0 Å². The van der Waals surface area contributed by atoms with Crippen LogP contribution in [-0.2, 0) is 4.79 Å². The molecule has 0 atom stereocenters. The maximum atomic E-state index is 10.4. The van der Waals surface area contributed by atoms with Crippen molar-refractivity contribution in [2.75, 3.05) is 13.1 Å². The zero-order valence-electron chi connectivity index (χ0n) is 18.3. The third-order valence-electron chi connectivity index (χ3n) is 5.54. The van der Waals surface area contributed by atoms with Gasteiger partial charge in [-0.1, -0.05) is 103 Å². The number of amides is 1. The first-order valence-corrected chi connectivity index (χ1v) is 11.7. The molecule has 1 N–H and O–H groups in total. The molecule has 0 bridgehead atoms. The Hall–Kier alpha value is -0.960. The minimum absolute atomic E-state index is 0. The van der Waals surface area contributed by atoms with Gasteiger partial charge in [-0.2, -0.15) is 0 Å². The van der Waals surface area contributed by atoms with Gasteiger partial charge in [0.25, 0.3) is 0 Å². The van der Waals surface area contributed by atoms with Crippen molar-refractivity contribution < 1.29 is 4.79 Å². The predicted molar refractivity (Wildman–Crippen MR) is 125 cm³/mol. The predicted octanol–water partition coefficient (Wildman–Crippen LogP) is 7.13. The summed E-state index contributed by atoms with van der Waals surface area (Å²) in [6, 6.07) is 0. The Morgan fingerprint density at radius 1 is 0.821 bits per heavy atom. The molecule has 0 radical (unpaired) electrons. The topological polar surface area (TPSA) is 32.3 Å². The summed E-state index contributed by atoms with van der Waals surface area (Å²) in [6.45, 7) is 4.32. The number of halogens is 1. The van der Waals surface area contributed by atoms with Gasteiger partial charge in [-0.25, -0.2) is 0 Å². The molecule has 1 aliphatic heterocycles. The van der Waals surface area contributed by atoms with Gasteiger partial charge in [0.05, 0.1) is 0 Å². The fourth-order valence-electron chi connectivity index (χ4n) is 3.73. The van der Waals surface area contributed by atoms with Crippen molar-refractivity contribution >= 4 is 18.8 Å². The molecule has 4 heteroatoms. The maximum Gasteiger partial charge on any atom is 0.211 e. The van der Waals surface area contributed by atoms with Gasteiger partial charge in [0.1, 0.15) is 0 Å². The second-order valence-corrected chi connectivity index (χ2v) is 8.04. The van der Waals surface area contributed by atoms with E-state index in [4.69, 9.17) is 0 Å². The molecule has 28 heavy (non-hydrogen) atoms. The number of hydrogen-bond donors (Lipinski definition) is 1. The van der Waals surface area contributed by atoms with Crippen LogP contribution in [0.1, 0.15) is 110 Å². The van der Waals surface area contributed by atoms with Gasteiger partial charge < -0.3 is 10.2 Å². The van der Waals surface area contributed by atoms with Crippen LogP contribution in [0.5, 0.6) is 0 Å². The number of allylic oxidation sites excluding steroid dienone is 1. The van der Waals surface area contributed by atoms with Gasteiger partial charge in [0.15, 0.2) is 0 Å². The summed E-state index contributed by atoms with van der Waals surface area (Å²) < 4.78 is 0. The van der Waals surface area contributed by atoms with Crippen molar-refractivity contribution in [1.29, 1.82) is 0 Å². The molecule has 3 nitrogen and oxygen atoms in total. The molecule has 0 aromatic carbocycles. The van der Waals surface area contributed by atoms with Gasteiger partial charge in [0, 0.05) is 25.0 Å². The molecule has 1 amide bonds. The molecular weight excluding hydrogens is 368 g/mol. The summed E-state index contributed by atoms with van der Waals surface area (Å²) in [6.07, 6.45) is 29.5. The molecule has 0 aromatic rings. The lowest BCUT2D eigenvalue weighted by Gasteiger charge is -2.22. The van der Waals surface area contributed by atoms with Crippen molar-refractivity contribution in [2.45, 2.75) is 110 Å². The average Bonchev–Trinajstić information content (AvgIpc) is 2.69. The van der Waals surface area contributed by atoms with Gasteiger partial charge in [-0.3, -0.25) is 4.79 Å². The second kappa shape index (κ2) is 20.8. The number of nitrogens with zero attached hydrogens (tertiary/aromatic N) is 1. The van der Waals surface area contributed by atoms with Crippen molar-refractivity contribution in [1.82, 2.24) is 10.2 Å². The summed E-state index contributed by atoms with van der Waals surface area (Å²) in [7, 11) is 0. The van der Waals surface area contributed by atoms with E-state index in [1.807, 2.05) is 6.08 Å². The summed E-state index contributed by atoms with van der Waals surface area (Å²) >= 11 is 0. The molecule has 0 fully saturated rings. The standard InChI is InChI=1S/C24H44N2O.ClH/c1-2-3-4-5-6-7-8-9-10-11-12-13-14-15-16-17-20-26-21-18-24(19-22-26)25-23-27;/h18-19,21,23H,2-17,20,22H2,1H3,(H,25,27);1H. The van der Waals surface area contributed by atoms with Crippen LogP contribution in [0.2, 0.25) is 0 Å². The first-order chi connectivity index (χ1) is 13.4. The van der Waals surface area contributed by atoms with Crippen LogP contribution in [0.3, 0.4) is 0 Å². The lowest BCUT2D eigenvalue weighted by atomic mass is 10.0. The summed E-state index contributed by atoms with van der Waals surface area (Å²) in [5.74, 6) is 0. The number of hydrogen-bond acceptors (Lipinski definition) is 2. The smallest absolute Gasteiger partial charge is 0.211 e. The minimum Gasteiger partial charge on any atom is -0.374 e. The van der Waals surface area contributed by atoms with E-state index in [-0.39, 0.29) is 12.4 Å². The van der Waals surface area contributed by atoms with E-state index in [2.05, 4.69) is 29.4 Å². The van der Waals surface area contributed by atoms with Crippen molar-refractivity contribution in [3.8, 4) is 0 Å². The molecule has 0 aliphatic carbocycles. The van der Waals surface area contributed by atoms with E-state index in [9.17, 15) is 4.79 Å². The van der Waals surface area contributed by atoms with E-state index in [0.717, 1.165) is 25.2 Å². The third-order valence-corrected chi connectivity index (χ3v) is 5.54. The highest BCUT2D eigenvalue weighted by molar-refractivity contribution is 5.85. The summed E-state index contributed by atoms with van der Waals surface area (Å²) in [5.41, 5.74) is 0.910. The molecule has 1 aliphatic rings. The van der Waals surface area contributed by atoms with E-state index in [0.29, 0.717) is 0 Å². The van der Waals surface area contributed by atoms with Crippen molar-refractivity contribution in [3.05, 3.63) is 24.0 Å². The first-order valence-electron chi connectivity index (χ1n) is 11.7. The van der Waals surface area contributed by atoms with Gasteiger partial charge in [-0.15, -0.1) is 12.4 Å². The molecule has 1 heterocycles. The molecule has 0 saturated heterocycles. The van der Waals surface area contributed by atoms with Gasteiger partial charge >= 0.3 is 0 Å². The monoisotopic (exact) mass is 412 g/mol. The molecule has 1 rings (SSSR count). The highest BCUT2D eigenvalue weighted by Gasteiger charge is 2.03. The molecular formula is C24H45ClN2O. The Bertz CT molecular complexity index is 409. The van der Waals surface area contributed by atoms with Crippen LogP contribution in [0.4, 0.5) is 0 Å². The Balaban J connectivity index is 0.00000729. The second-order valence-electron chi connectivity index (χ2n) is 8.04. The average molecular weight is 413 g/mol. The highest BCUT2D eigenvalue weighted by atomic mass is 35.5. The fourth-order valence-corrected chi connectivity index (χ4v) is 3.73. The SMILES string of the molecule is CCCCCCCCCCCCCCCCCCN1C=CC(NC=O)=CC1.Cl. The Morgan fingerprint density at radius 3 is 1.68 bits per heavy atom. The van der Waals surface area contributed by atoms with Crippen LogP contribution in [0.25, 0.3) is 0 Å². The summed E-state index contributed by atoms with van der Waals surface area (Å²) in [5, 5.41) is 2.70. The third kappa shape index (κ3) is 16.0. The van der Waals surface area contributed by atoms with Gasteiger partial charge in [0.2, 0.25) is 6.41 Å². The maximum absolute atomic E-state index is 10.4. The van der Waals surface area contributed by atoms with Crippen LogP contribution < -0.4 is 5.32 Å². The van der Waals surface area contributed by atoms with E-state index in [1.165, 1.54) is 103 Å². The molecule has 0 spiro atoms. The largest absolute Gasteiger partial charge is 0.374 e. The summed E-state index contributed by atoms with van der Waals surface area (Å²) in [4.78, 5) is 12.7. The highest BCUT2D eigenvalue weighted by Crippen LogP contribution is 2.14. The first kappa shape index (κ1) is 27.0. The van der Waals surface area contributed by atoms with Crippen LogP contribution in [0, 0.1) is 0 Å². The lowest BCUT2D eigenvalue weighted by Crippen LogP contribution is -2.23. The van der Waals surface area contributed by atoms with Gasteiger partial charge in [-0.05, 0) is 18.6 Å².